The van der Waals surface area contributed by atoms with Crippen LogP contribution in [0.1, 0.15) is 29.6 Å². The quantitative estimate of drug-likeness (QED) is 0.316. The third-order valence-electron chi connectivity index (χ3n) is 5.87. The first kappa shape index (κ1) is 24.9. The lowest BCUT2D eigenvalue weighted by molar-refractivity contribution is 0.102. The van der Waals surface area contributed by atoms with Crippen LogP contribution < -0.4 is 15.6 Å². The van der Waals surface area contributed by atoms with Gasteiger partial charge in [0.25, 0.3) is 11.5 Å². The maximum Gasteiger partial charge on any atom is 0.260 e. The number of halogens is 2. The van der Waals surface area contributed by atoms with Crippen LogP contribution in [0.3, 0.4) is 0 Å². The van der Waals surface area contributed by atoms with Crippen molar-refractivity contribution in [3.8, 4) is 16.2 Å². The van der Waals surface area contributed by atoms with E-state index in [1.807, 2.05) is 0 Å². The Hall–Kier alpha value is -2.79. The van der Waals surface area contributed by atoms with Crippen molar-refractivity contribution in [1.29, 1.82) is 0 Å². The highest BCUT2D eigenvalue weighted by Crippen LogP contribution is 2.39. The molecule has 1 saturated heterocycles. The Kier molecular flexibility index (Phi) is 7.38. The smallest absolute Gasteiger partial charge is 0.260 e. The van der Waals surface area contributed by atoms with E-state index in [-0.39, 0.29) is 28.0 Å². The number of amides is 1. The fourth-order valence-corrected chi connectivity index (χ4v) is 7.06. The van der Waals surface area contributed by atoms with Crippen molar-refractivity contribution in [3.05, 3.63) is 68.1 Å². The molecule has 4 aromatic rings. The van der Waals surface area contributed by atoms with Crippen molar-refractivity contribution in [3.63, 3.8) is 0 Å². The Labute approximate surface area is 222 Å². The van der Waals surface area contributed by atoms with Crippen molar-refractivity contribution in [2.24, 2.45) is 0 Å². The summed E-state index contributed by atoms with van der Waals surface area (Å²) in [5.41, 5.74) is 0.562. The number of nitrogens with one attached hydrogen (secondary N) is 2. The molecule has 0 aliphatic carbocycles. The molecule has 0 radical (unpaired) electrons. The number of anilines is 1. The summed E-state index contributed by atoms with van der Waals surface area (Å²) in [4.78, 5) is 37.5. The van der Waals surface area contributed by atoms with Gasteiger partial charge < -0.3 is 15.0 Å². The molecule has 2 unspecified atom stereocenters. The number of ether oxygens (including phenoxy) is 1. The molecule has 0 saturated carbocycles. The van der Waals surface area contributed by atoms with Gasteiger partial charge >= 0.3 is 0 Å². The molecule has 1 aliphatic heterocycles. The van der Waals surface area contributed by atoms with E-state index in [0.717, 1.165) is 12.8 Å². The fourth-order valence-electron chi connectivity index (χ4n) is 4.15. The number of hydrogen-bond donors (Lipinski definition) is 2. The minimum absolute atomic E-state index is 0.0709. The first-order valence-electron chi connectivity index (χ1n) is 11.1. The molecule has 36 heavy (non-hydrogen) atoms. The second kappa shape index (κ2) is 10.7. The van der Waals surface area contributed by atoms with Gasteiger partial charge in [-0.05, 0) is 49.6 Å². The Morgan fingerprint density at radius 3 is 2.83 bits per heavy atom. The molecule has 1 fully saturated rings. The van der Waals surface area contributed by atoms with E-state index in [4.69, 9.17) is 27.9 Å². The van der Waals surface area contributed by atoms with E-state index in [2.05, 4.69) is 20.3 Å². The SMILES string of the molecule is O=C(Nc1ccncn1)c1cc2c(OCCC3CCCS3=O)c(-c3ccc(Cl)s3)c(=O)[nH]c2cc1Cl. The average Bonchev–Trinajstić information content (AvgIpc) is 3.46. The predicted molar refractivity (Wildman–Crippen MR) is 144 cm³/mol. The summed E-state index contributed by atoms with van der Waals surface area (Å²) in [6, 6.07) is 8.13. The molecule has 2 atom stereocenters. The first-order chi connectivity index (χ1) is 17.4. The van der Waals surface area contributed by atoms with E-state index < -0.39 is 16.7 Å². The molecule has 0 spiro atoms. The van der Waals surface area contributed by atoms with Crippen LogP contribution in [-0.2, 0) is 10.8 Å². The monoisotopic (exact) mass is 562 g/mol. The average molecular weight is 563 g/mol. The van der Waals surface area contributed by atoms with Gasteiger partial charge in [-0.15, -0.1) is 11.3 Å². The van der Waals surface area contributed by atoms with E-state index >= 15 is 0 Å². The Bertz CT molecular complexity index is 1520. The van der Waals surface area contributed by atoms with Gasteiger partial charge in [-0.2, -0.15) is 0 Å². The molecule has 2 N–H and O–H groups in total. The number of nitrogens with zero attached hydrogens (tertiary/aromatic N) is 2. The molecule has 186 valence electrons. The van der Waals surface area contributed by atoms with Crippen LogP contribution in [0.4, 0.5) is 5.82 Å². The van der Waals surface area contributed by atoms with Crippen LogP contribution in [0.5, 0.6) is 5.75 Å². The Morgan fingerprint density at radius 2 is 2.14 bits per heavy atom. The fraction of sp³-hybridized carbons (Fsp3) is 0.250. The number of benzene rings is 1. The van der Waals surface area contributed by atoms with Gasteiger partial charge in [0.2, 0.25) is 0 Å². The summed E-state index contributed by atoms with van der Waals surface area (Å²) >= 11 is 13.8. The van der Waals surface area contributed by atoms with Crippen molar-refractivity contribution in [2.75, 3.05) is 17.7 Å². The van der Waals surface area contributed by atoms with Gasteiger partial charge in [-0.1, -0.05) is 23.2 Å². The summed E-state index contributed by atoms with van der Waals surface area (Å²) in [5.74, 6) is 0.882. The lowest BCUT2D eigenvalue weighted by atomic mass is 10.1. The Morgan fingerprint density at radius 1 is 1.28 bits per heavy atom. The zero-order chi connectivity index (χ0) is 25.2. The molecule has 4 heterocycles. The van der Waals surface area contributed by atoms with Crippen molar-refractivity contribution >= 4 is 68.0 Å². The zero-order valence-electron chi connectivity index (χ0n) is 18.8. The number of thiophene rings is 1. The van der Waals surface area contributed by atoms with E-state index in [1.54, 1.807) is 24.3 Å². The lowest BCUT2D eigenvalue weighted by Crippen LogP contribution is -2.17. The maximum atomic E-state index is 13.1. The highest BCUT2D eigenvalue weighted by molar-refractivity contribution is 7.85. The van der Waals surface area contributed by atoms with Crippen LogP contribution in [0.25, 0.3) is 21.3 Å². The number of aromatic amines is 1. The molecule has 1 amide bonds. The highest BCUT2D eigenvalue weighted by Gasteiger charge is 2.25. The standard InChI is InChI=1S/C24H20Cl2N4O4S2/c25-16-11-17-15(10-14(16)23(31)30-20-5-7-27-12-28-20)22(34-8-6-13-2-1-9-36(13)33)21(24(32)29-17)18-3-4-19(26)35-18/h3-5,7,10-13H,1-2,6,8-9H2,(H,29,32)(H,27,28,30,31). The minimum atomic E-state index is -0.865. The van der Waals surface area contributed by atoms with Gasteiger partial charge in [-0.25, -0.2) is 9.97 Å². The van der Waals surface area contributed by atoms with E-state index in [1.165, 1.54) is 29.9 Å². The molecule has 1 aromatic carbocycles. The van der Waals surface area contributed by atoms with Crippen LogP contribution in [-0.4, -0.2) is 42.7 Å². The number of rotatable bonds is 7. The number of carbonyl (C=O) groups excluding carboxylic acids is 1. The van der Waals surface area contributed by atoms with Crippen molar-refractivity contribution in [2.45, 2.75) is 24.5 Å². The Balaban J connectivity index is 1.58. The van der Waals surface area contributed by atoms with Crippen LogP contribution in [0.2, 0.25) is 9.36 Å². The van der Waals surface area contributed by atoms with Gasteiger partial charge in [0.15, 0.2) is 0 Å². The minimum Gasteiger partial charge on any atom is -0.492 e. The van der Waals surface area contributed by atoms with Crippen LogP contribution in [0, 0.1) is 0 Å². The summed E-state index contributed by atoms with van der Waals surface area (Å²) in [6.45, 7) is 0.270. The molecule has 1 aliphatic rings. The summed E-state index contributed by atoms with van der Waals surface area (Å²) in [6.07, 6.45) is 5.26. The van der Waals surface area contributed by atoms with Crippen molar-refractivity contribution < 1.29 is 13.7 Å². The normalized spacial score (nSPS) is 17.4. The summed E-state index contributed by atoms with van der Waals surface area (Å²) in [7, 11) is -0.865. The topological polar surface area (TPSA) is 114 Å². The molecule has 5 rings (SSSR count). The first-order valence-corrected chi connectivity index (χ1v) is 14.1. The van der Waals surface area contributed by atoms with Crippen LogP contribution >= 0.6 is 34.5 Å². The second-order valence-electron chi connectivity index (χ2n) is 8.17. The molecular formula is C24H20Cl2N4O4S2. The predicted octanol–water partition coefficient (Wildman–Crippen LogP) is 5.29. The van der Waals surface area contributed by atoms with E-state index in [0.29, 0.717) is 49.4 Å². The number of pyridine rings is 1. The van der Waals surface area contributed by atoms with Crippen LogP contribution in [0.15, 0.2) is 47.7 Å². The summed E-state index contributed by atoms with van der Waals surface area (Å²) < 4.78 is 18.9. The highest BCUT2D eigenvalue weighted by atomic mass is 35.5. The van der Waals surface area contributed by atoms with Gasteiger partial charge in [-0.3, -0.25) is 13.8 Å². The lowest BCUT2D eigenvalue weighted by Gasteiger charge is -2.16. The number of H-pyrrole nitrogens is 1. The van der Waals surface area contributed by atoms with Crippen molar-refractivity contribution in [1.82, 2.24) is 15.0 Å². The molecule has 8 nitrogen and oxygen atoms in total. The number of hydrogen-bond acceptors (Lipinski definition) is 7. The summed E-state index contributed by atoms with van der Waals surface area (Å²) in [5, 5.41) is 3.43. The van der Waals surface area contributed by atoms with Gasteiger partial charge in [0.1, 0.15) is 17.9 Å². The van der Waals surface area contributed by atoms with E-state index in [9.17, 15) is 13.8 Å². The maximum absolute atomic E-state index is 13.1. The third kappa shape index (κ3) is 5.17. The van der Waals surface area contributed by atoms with Gasteiger partial charge in [0, 0.05) is 38.3 Å². The molecule has 12 heteroatoms. The molecule has 3 aromatic heterocycles. The van der Waals surface area contributed by atoms with Gasteiger partial charge in [0.05, 0.1) is 32.6 Å². The zero-order valence-corrected chi connectivity index (χ0v) is 21.9. The molecular weight excluding hydrogens is 543 g/mol. The number of aromatic nitrogens is 3. The number of carbonyl (C=O) groups is 1. The third-order valence-corrected chi connectivity index (χ3v) is 9.34. The molecule has 0 bridgehead atoms. The second-order valence-corrected chi connectivity index (χ2v) is 12.1. The largest absolute Gasteiger partial charge is 0.492 e. The number of fused-ring (bicyclic) bond motifs is 1.